The van der Waals surface area contributed by atoms with E-state index in [1.54, 1.807) is 24.3 Å². The van der Waals surface area contributed by atoms with Crippen molar-refractivity contribution in [2.24, 2.45) is 5.92 Å². The first kappa shape index (κ1) is 34.0. The van der Waals surface area contributed by atoms with Gasteiger partial charge in [0.15, 0.2) is 11.6 Å². The lowest BCUT2D eigenvalue weighted by atomic mass is 9.92. The van der Waals surface area contributed by atoms with Gasteiger partial charge in [-0.3, -0.25) is 14.4 Å². The summed E-state index contributed by atoms with van der Waals surface area (Å²) in [6, 6.07) is 30.3. The van der Waals surface area contributed by atoms with Crippen molar-refractivity contribution in [3.8, 4) is 22.6 Å². The van der Waals surface area contributed by atoms with E-state index >= 15 is 0 Å². The number of ketones is 2. The number of anilines is 1. The first-order valence-electron chi connectivity index (χ1n) is 16.2. The van der Waals surface area contributed by atoms with Crippen molar-refractivity contribution >= 4 is 44.7 Å². The Balaban J connectivity index is 1.42. The number of nitrogens with one attached hydrogen (secondary N) is 1. The number of benzene rings is 5. The molecule has 5 aromatic rings. The van der Waals surface area contributed by atoms with Crippen LogP contribution >= 0.6 is 0 Å². The largest absolute Gasteiger partial charge is 0.489 e. The Morgan fingerprint density at radius 2 is 1.46 bits per heavy atom. The van der Waals surface area contributed by atoms with E-state index < -0.39 is 18.3 Å². The standard InChI is InChI=1S/C40H40N2O6/c1-2-22-47-36-19-17-27-10-3-5-15-33(27)38(36)39-34-16-6-4-11-28(34)18-20-37(39)48-26-32(44)24-30(12-7-8-21-41)40(46)42-31-14-9-13-29(23-31)35(45)25-43/h2-6,9-11,13-20,23,30,43H,1,7-8,12,21-22,24-26,41H2,(H,42,46)/p+1/t30-/m0/s1. The summed E-state index contributed by atoms with van der Waals surface area (Å²) in [6.07, 6.45) is 3.76. The zero-order valence-corrected chi connectivity index (χ0v) is 27.0. The molecule has 0 aliphatic rings. The number of amides is 1. The predicted octanol–water partition coefficient (Wildman–Crippen LogP) is 6.40. The molecule has 8 heteroatoms. The molecule has 0 spiro atoms. The van der Waals surface area contributed by atoms with Crippen molar-refractivity contribution in [3.05, 3.63) is 115 Å². The number of carbonyl (C=O) groups excluding carboxylic acids is 3. The Hall–Kier alpha value is -5.31. The molecule has 1 atom stereocenters. The van der Waals surface area contributed by atoms with E-state index in [0.29, 0.717) is 35.8 Å². The topological polar surface area (TPSA) is 130 Å². The molecule has 0 aliphatic carbocycles. The van der Waals surface area contributed by atoms with Crippen LogP contribution in [-0.4, -0.2) is 48.9 Å². The molecule has 0 aliphatic heterocycles. The second-order valence-electron chi connectivity index (χ2n) is 11.6. The minimum absolute atomic E-state index is 0.0108. The summed E-state index contributed by atoms with van der Waals surface area (Å²) >= 11 is 0. The molecule has 0 unspecified atom stereocenters. The molecule has 5 rings (SSSR count). The number of hydrogen-bond acceptors (Lipinski definition) is 6. The highest BCUT2D eigenvalue weighted by molar-refractivity contribution is 6.10. The van der Waals surface area contributed by atoms with Gasteiger partial charge in [0.1, 0.15) is 31.3 Å². The Labute approximate surface area is 280 Å². The lowest BCUT2D eigenvalue weighted by Crippen LogP contribution is -2.50. The quantitative estimate of drug-likeness (QED) is 0.0609. The van der Waals surface area contributed by atoms with E-state index in [0.717, 1.165) is 52.1 Å². The van der Waals surface area contributed by atoms with Crippen LogP contribution in [0.3, 0.4) is 0 Å². The number of ether oxygens (including phenoxy) is 2. The number of quaternary nitrogens is 1. The van der Waals surface area contributed by atoms with Crippen molar-refractivity contribution < 1.29 is 34.7 Å². The van der Waals surface area contributed by atoms with Gasteiger partial charge < -0.3 is 25.6 Å². The number of rotatable bonds is 17. The molecule has 0 saturated heterocycles. The minimum Gasteiger partial charge on any atom is -0.489 e. The van der Waals surface area contributed by atoms with Gasteiger partial charge in [-0.1, -0.05) is 85.5 Å². The minimum atomic E-state index is -0.623. The van der Waals surface area contributed by atoms with E-state index in [1.807, 2.05) is 72.8 Å². The summed E-state index contributed by atoms with van der Waals surface area (Å²) in [7, 11) is 0. The fraction of sp³-hybridized carbons (Fsp3) is 0.225. The second-order valence-corrected chi connectivity index (χ2v) is 11.6. The smallest absolute Gasteiger partial charge is 0.227 e. The molecule has 0 bridgehead atoms. The molecule has 0 saturated carbocycles. The Bertz CT molecular complexity index is 1930. The highest BCUT2D eigenvalue weighted by Crippen LogP contribution is 2.45. The van der Waals surface area contributed by atoms with Gasteiger partial charge >= 0.3 is 0 Å². The van der Waals surface area contributed by atoms with Crippen molar-refractivity contribution in [2.45, 2.75) is 25.7 Å². The summed E-state index contributed by atoms with van der Waals surface area (Å²) in [5.41, 5.74) is 6.30. The number of aliphatic hydroxyl groups excluding tert-OH is 1. The van der Waals surface area contributed by atoms with E-state index in [2.05, 4.69) is 17.6 Å². The third kappa shape index (κ3) is 8.15. The number of Topliss-reactive ketones (excluding diaryl/α,β-unsaturated/α-hetero) is 2. The van der Waals surface area contributed by atoms with Crippen molar-refractivity contribution in [1.82, 2.24) is 0 Å². The number of aliphatic hydroxyl groups is 1. The van der Waals surface area contributed by atoms with Crippen LogP contribution in [0.1, 0.15) is 36.0 Å². The van der Waals surface area contributed by atoms with E-state index in [1.165, 1.54) is 6.07 Å². The van der Waals surface area contributed by atoms with E-state index in [4.69, 9.17) is 9.47 Å². The summed E-state index contributed by atoms with van der Waals surface area (Å²) in [4.78, 5) is 38.9. The van der Waals surface area contributed by atoms with Gasteiger partial charge in [-0.15, -0.1) is 0 Å². The van der Waals surface area contributed by atoms with Crippen LogP contribution in [0.5, 0.6) is 11.5 Å². The van der Waals surface area contributed by atoms with Crippen molar-refractivity contribution in [1.29, 1.82) is 0 Å². The average Bonchev–Trinajstić information content (AvgIpc) is 3.12. The molecule has 8 nitrogen and oxygen atoms in total. The summed E-state index contributed by atoms with van der Waals surface area (Å²) < 4.78 is 12.5. The highest BCUT2D eigenvalue weighted by atomic mass is 16.5. The van der Waals surface area contributed by atoms with E-state index in [9.17, 15) is 19.5 Å². The molecule has 0 fully saturated rings. The number of carbonyl (C=O) groups is 3. The maximum absolute atomic E-state index is 13.5. The van der Waals surface area contributed by atoms with Gasteiger partial charge in [-0.25, -0.2) is 0 Å². The zero-order valence-electron chi connectivity index (χ0n) is 27.0. The van der Waals surface area contributed by atoms with Crippen LogP contribution in [0, 0.1) is 5.92 Å². The van der Waals surface area contributed by atoms with E-state index in [-0.39, 0.29) is 24.7 Å². The number of unbranched alkanes of at least 4 members (excludes halogenated alkanes) is 1. The van der Waals surface area contributed by atoms with Gasteiger partial charge in [0.25, 0.3) is 0 Å². The van der Waals surface area contributed by atoms with Crippen LogP contribution in [-0.2, 0) is 9.59 Å². The Morgan fingerprint density at radius 1 is 0.812 bits per heavy atom. The second kappa shape index (κ2) is 16.5. The lowest BCUT2D eigenvalue weighted by Gasteiger charge is -2.20. The Kier molecular flexibility index (Phi) is 11.7. The van der Waals surface area contributed by atoms with Crippen LogP contribution in [0.25, 0.3) is 32.7 Å². The Morgan fingerprint density at radius 3 is 2.08 bits per heavy atom. The monoisotopic (exact) mass is 645 g/mol. The first-order valence-corrected chi connectivity index (χ1v) is 16.2. The fourth-order valence-corrected chi connectivity index (χ4v) is 5.90. The SMILES string of the molecule is C=CCOc1ccc2ccccc2c1-c1c(OCC(=O)C[C@H](CCCC[NH3+])C(=O)Nc2cccc(C(=O)CO)c2)ccc2ccccc12. The maximum Gasteiger partial charge on any atom is 0.227 e. The number of fused-ring (bicyclic) bond motifs is 2. The third-order valence-electron chi connectivity index (χ3n) is 8.27. The van der Waals surface area contributed by atoms with Crippen LogP contribution in [0.2, 0.25) is 0 Å². The normalized spacial score (nSPS) is 11.6. The molecule has 5 N–H and O–H groups in total. The first-order chi connectivity index (χ1) is 23.4. The van der Waals surface area contributed by atoms with Crippen molar-refractivity contribution in [2.75, 3.05) is 31.7 Å². The highest BCUT2D eigenvalue weighted by Gasteiger charge is 2.24. The third-order valence-corrected chi connectivity index (χ3v) is 8.27. The van der Waals surface area contributed by atoms with Crippen LogP contribution < -0.4 is 20.5 Å². The molecule has 0 aromatic heterocycles. The lowest BCUT2D eigenvalue weighted by molar-refractivity contribution is -0.368. The molecule has 5 aromatic carbocycles. The maximum atomic E-state index is 13.5. The van der Waals surface area contributed by atoms with Gasteiger partial charge in [0.05, 0.1) is 6.54 Å². The summed E-state index contributed by atoms with van der Waals surface area (Å²) in [5, 5.41) is 16.1. The summed E-state index contributed by atoms with van der Waals surface area (Å²) in [5.74, 6) is -0.362. The molecule has 246 valence electrons. The molecular formula is C40H41N2O6+. The molecule has 48 heavy (non-hydrogen) atoms. The van der Waals surface area contributed by atoms with Crippen molar-refractivity contribution in [3.63, 3.8) is 0 Å². The zero-order chi connectivity index (χ0) is 33.9. The number of hydrogen-bond donors (Lipinski definition) is 3. The average molecular weight is 646 g/mol. The molecule has 0 heterocycles. The van der Waals surface area contributed by atoms with Crippen LogP contribution in [0.4, 0.5) is 5.69 Å². The fourth-order valence-electron chi connectivity index (χ4n) is 5.90. The van der Waals surface area contributed by atoms with Crippen LogP contribution in [0.15, 0.2) is 110 Å². The molecular weight excluding hydrogens is 604 g/mol. The molecule has 1 amide bonds. The van der Waals surface area contributed by atoms with Gasteiger partial charge in [-0.2, -0.15) is 0 Å². The van der Waals surface area contributed by atoms with Gasteiger partial charge in [-0.05, 0) is 65.1 Å². The predicted molar refractivity (Wildman–Crippen MR) is 189 cm³/mol. The molecule has 0 radical (unpaired) electrons. The van der Waals surface area contributed by atoms with Gasteiger partial charge in [0, 0.05) is 34.7 Å². The van der Waals surface area contributed by atoms with Gasteiger partial charge in [0.2, 0.25) is 5.91 Å². The summed E-state index contributed by atoms with van der Waals surface area (Å²) in [6.45, 7) is 4.02.